The van der Waals surface area contributed by atoms with Gasteiger partial charge in [-0.05, 0) is 53.9 Å². The number of alkyl halides is 2. The number of carbonyl (C=O) groups excluding carboxylic acids is 1. The van der Waals surface area contributed by atoms with E-state index in [4.69, 9.17) is 9.72 Å². The maximum atomic E-state index is 13.0. The van der Waals surface area contributed by atoms with Crippen LogP contribution in [-0.2, 0) is 34.1 Å². The van der Waals surface area contributed by atoms with Crippen LogP contribution in [0, 0.1) is 0 Å². The fourth-order valence-electron chi connectivity index (χ4n) is 4.93. The Balaban J connectivity index is 1.20. The fraction of sp³-hybridized carbons (Fsp3) is 0.286. The van der Waals surface area contributed by atoms with E-state index in [2.05, 4.69) is 15.3 Å². The number of halogens is 2. The quantitative estimate of drug-likeness (QED) is 0.378. The average Bonchev–Trinajstić information content (AvgIpc) is 3.27. The highest BCUT2D eigenvalue weighted by atomic mass is 32.2. The first kappa shape index (κ1) is 26.2. The zero-order chi connectivity index (χ0) is 27.9. The third-order valence-electron chi connectivity index (χ3n) is 7.01. The highest BCUT2D eigenvalue weighted by molar-refractivity contribution is 7.91. The predicted molar refractivity (Wildman–Crippen MR) is 144 cm³/mol. The van der Waals surface area contributed by atoms with Crippen LogP contribution in [0.1, 0.15) is 27.2 Å². The molecule has 0 fully saturated rings. The highest BCUT2D eigenvalue weighted by Gasteiger charge is 2.25. The number of sulfone groups is 1. The van der Waals surface area contributed by atoms with E-state index < -0.39 is 22.2 Å². The van der Waals surface area contributed by atoms with Crippen molar-refractivity contribution in [1.29, 1.82) is 0 Å². The van der Waals surface area contributed by atoms with Crippen molar-refractivity contribution in [3.05, 3.63) is 77.1 Å². The molecule has 0 atom stereocenters. The molecule has 0 saturated carbocycles. The molecule has 1 aromatic carbocycles. The van der Waals surface area contributed by atoms with Crippen molar-refractivity contribution >= 4 is 32.5 Å². The van der Waals surface area contributed by atoms with E-state index in [1.807, 2.05) is 24.3 Å². The Morgan fingerprint density at radius 3 is 2.70 bits per heavy atom. The number of anilines is 1. The van der Waals surface area contributed by atoms with Gasteiger partial charge < -0.3 is 15.0 Å². The molecule has 0 saturated heterocycles. The number of nitrogens with zero attached hydrogens (tertiary/aromatic N) is 4. The van der Waals surface area contributed by atoms with Gasteiger partial charge >= 0.3 is 0 Å². The van der Waals surface area contributed by atoms with Crippen LogP contribution in [0.2, 0.25) is 0 Å². The normalized spacial score (nSPS) is 16.0. The monoisotopic (exact) mass is 565 g/mol. The summed E-state index contributed by atoms with van der Waals surface area (Å²) in [7, 11) is -3.53. The molecule has 2 aliphatic rings. The lowest BCUT2D eigenvalue weighted by molar-refractivity contribution is 0.0950. The van der Waals surface area contributed by atoms with Crippen molar-refractivity contribution in [3.63, 3.8) is 0 Å². The van der Waals surface area contributed by atoms with Gasteiger partial charge in [0, 0.05) is 23.7 Å². The molecule has 0 spiro atoms. The minimum absolute atomic E-state index is 0.104. The van der Waals surface area contributed by atoms with Crippen molar-refractivity contribution in [2.24, 2.45) is 0 Å². The Morgan fingerprint density at radius 1 is 1.05 bits per heavy atom. The number of amides is 1. The Labute approximate surface area is 229 Å². The summed E-state index contributed by atoms with van der Waals surface area (Å²) in [6.07, 6.45) is -0.110. The van der Waals surface area contributed by atoms with Crippen LogP contribution < -0.4 is 10.2 Å². The first-order valence-corrected chi connectivity index (χ1v) is 14.4. The molecule has 0 bridgehead atoms. The number of aromatic nitrogens is 3. The molecule has 0 aliphatic carbocycles. The van der Waals surface area contributed by atoms with Crippen molar-refractivity contribution in [1.82, 2.24) is 20.3 Å². The molecule has 3 aromatic heterocycles. The predicted octanol–water partition coefficient (Wildman–Crippen LogP) is 3.55. The summed E-state index contributed by atoms with van der Waals surface area (Å²) >= 11 is 0. The summed E-state index contributed by atoms with van der Waals surface area (Å²) in [5, 5.41) is 3.58. The number of pyridine rings is 3. The molecule has 0 radical (unpaired) electrons. The van der Waals surface area contributed by atoms with E-state index in [-0.39, 0.29) is 42.5 Å². The van der Waals surface area contributed by atoms with E-state index >= 15 is 0 Å². The van der Waals surface area contributed by atoms with Crippen molar-refractivity contribution < 1.29 is 26.7 Å². The Hall–Kier alpha value is -4.03. The zero-order valence-corrected chi connectivity index (χ0v) is 22.1. The lowest BCUT2D eigenvalue weighted by atomic mass is 10.1. The summed E-state index contributed by atoms with van der Waals surface area (Å²) in [5.41, 5.74) is 4.08. The van der Waals surface area contributed by atoms with E-state index in [1.54, 1.807) is 29.3 Å². The maximum absolute atomic E-state index is 13.0. The number of hydrogen-bond acceptors (Lipinski definition) is 8. The summed E-state index contributed by atoms with van der Waals surface area (Å²) in [6.45, 7) is 0.555. The molecule has 40 heavy (non-hydrogen) atoms. The van der Waals surface area contributed by atoms with Gasteiger partial charge in [-0.1, -0.05) is 12.1 Å². The zero-order valence-electron chi connectivity index (χ0n) is 21.3. The Bertz CT molecular complexity index is 1730. The first-order valence-electron chi connectivity index (χ1n) is 12.8. The lowest BCUT2D eigenvalue weighted by Gasteiger charge is -2.18. The van der Waals surface area contributed by atoms with Crippen LogP contribution in [0.3, 0.4) is 0 Å². The molecule has 5 heterocycles. The van der Waals surface area contributed by atoms with Crippen LogP contribution in [0.5, 0.6) is 0 Å². The van der Waals surface area contributed by atoms with E-state index in [0.717, 1.165) is 10.9 Å². The van der Waals surface area contributed by atoms with Crippen molar-refractivity contribution in [3.8, 4) is 11.4 Å². The number of fused-ring (bicyclic) bond motifs is 3. The highest BCUT2D eigenvalue weighted by Crippen LogP contribution is 2.30. The SMILES string of the molecule is O=C(NCc1cc2nc(-c3ccc4c(n3)N(CC(F)F)CC4)ccc2cn1)c1ccc2c(c1)S(=O)(=O)CCOC2. The molecule has 6 rings (SSSR count). The van der Waals surface area contributed by atoms with Gasteiger partial charge in [-0.2, -0.15) is 0 Å². The van der Waals surface area contributed by atoms with E-state index in [0.29, 0.717) is 46.9 Å². The van der Waals surface area contributed by atoms with Crippen LogP contribution in [-0.4, -0.2) is 61.2 Å². The Morgan fingerprint density at radius 2 is 1.85 bits per heavy atom. The molecule has 1 N–H and O–H groups in total. The largest absolute Gasteiger partial charge is 0.376 e. The number of carbonyl (C=O) groups is 1. The number of nitrogens with one attached hydrogen (secondary N) is 1. The molecule has 1 amide bonds. The number of benzene rings is 1. The minimum atomic E-state index is -3.53. The van der Waals surface area contributed by atoms with Crippen LogP contribution in [0.4, 0.5) is 14.6 Å². The minimum Gasteiger partial charge on any atom is -0.376 e. The molecule has 9 nitrogen and oxygen atoms in total. The number of rotatable bonds is 6. The summed E-state index contributed by atoms with van der Waals surface area (Å²) < 4.78 is 56.4. The van der Waals surface area contributed by atoms with Gasteiger partial charge in [-0.3, -0.25) is 9.78 Å². The van der Waals surface area contributed by atoms with Crippen molar-refractivity contribution in [2.75, 3.05) is 30.3 Å². The van der Waals surface area contributed by atoms with E-state index in [1.165, 1.54) is 6.07 Å². The first-order chi connectivity index (χ1) is 19.3. The van der Waals surface area contributed by atoms with Crippen LogP contribution in [0.15, 0.2) is 59.6 Å². The van der Waals surface area contributed by atoms with Gasteiger partial charge in [0.25, 0.3) is 12.3 Å². The van der Waals surface area contributed by atoms with Crippen LogP contribution >= 0.6 is 0 Å². The molecule has 2 aliphatic heterocycles. The van der Waals surface area contributed by atoms with Gasteiger partial charge in [-0.15, -0.1) is 0 Å². The smallest absolute Gasteiger partial charge is 0.255 e. The Kier molecular flexibility index (Phi) is 6.88. The van der Waals surface area contributed by atoms with Gasteiger partial charge in [0.2, 0.25) is 0 Å². The second kappa shape index (κ2) is 10.5. The topological polar surface area (TPSA) is 114 Å². The second-order valence-corrected chi connectivity index (χ2v) is 11.8. The average molecular weight is 566 g/mol. The standard InChI is InChI=1S/C28H25F2N5O4S/c29-26(30)15-35-8-7-17-3-5-23(34-27(17)35)22-6-4-19-13-31-21(12-24(19)33-22)14-32-28(36)18-1-2-20-16-39-9-10-40(37,38)25(20)11-18/h1-6,11-13,26H,7-10,14-16H2,(H,32,36). The number of hydrogen-bond donors (Lipinski definition) is 1. The van der Waals surface area contributed by atoms with Crippen LogP contribution in [0.25, 0.3) is 22.3 Å². The number of ether oxygens (including phenoxy) is 1. The van der Waals surface area contributed by atoms with Gasteiger partial charge in [0.1, 0.15) is 5.82 Å². The summed E-state index contributed by atoms with van der Waals surface area (Å²) in [6, 6.07) is 13.7. The lowest BCUT2D eigenvalue weighted by Crippen LogP contribution is -2.27. The second-order valence-electron chi connectivity index (χ2n) is 9.71. The molecular weight excluding hydrogens is 540 g/mol. The maximum Gasteiger partial charge on any atom is 0.255 e. The molecule has 206 valence electrons. The summed E-state index contributed by atoms with van der Waals surface area (Å²) in [5.74, 6) is 0.00846. The van der Waals surface area contributed by atoms with Gasteiger partial charge in [0.05, 0.1) is 59.6 Å². The molecule has 4 aromatic rings. The van der Waals surface area contributed by atoms with Crippen molar-refractivity contribution in [2.45, 2.75) is 30.9 Å². The molecule has 0 unspecified atom stereocenters. The molecule has 12 heteroatoms. The van der Waals surface area contributed by atoms with Gasteiger partial charge in [0.15, 0.2) is 9.84 Å². The molecular formula is C28H25F2N5O4S. The van der Waals surface area contributed by atoms with Gasteiger partial charge in [-0.25, -0.2) is 27.2 Å². The summed E-state index contributed by atoms with van der Waals surface area (Å²) in [4.78, 5) is 28.3. The van der Waals surface area contributed by atoms with E-state index in [9.17, 15) is 22.0 Å². The third kappa shape index (κ3) is 5.24. The fourth-order valence-corrected chi connectivity index (χ4v) is 6.32. The third-order valence-corrected chi connectivity index (χ3v) is 8.76.